The summed E-state index contributed by atoms with van der Waals surface area (Å²) < 4.78 is 0. The van der Waals surface area contributed by atoms with Crippen LogP contribution >= 0.6 is 11.3 Å². The van der Waals surface area contributed by atoms with Gasteiger partial charge in [-0.05, 0) is 42.3 Å². The van der Waals surface area contributed by atoms with Gasteiger partial charge in [-0.3, -0.25) is 4.79 Å². The van der Waals surface area contributed by atoms with Crippen LogP contribution in [0, 0.1) is 0 Å². The molecule has 1 fully saturated rings. The minimum Gasteiger partial charge on any atom is -0.478 e. The molecule has 0 atom stereocenters. The summed E-state index contributed by atoms with van der Waals surface area (Å²) in [5.41, 5.74) is 0.661. The van der Waals surface area contributed by atoms with Gasteiger partial charge in [0.05, 0.1) is 4.88 Å². The first-order valence-electron chi connectivity index (χ1n) is 5.46. The largest absolute Gasteiger partial charge is 0.478 e. The zero-order chi connectivity index (χ0) is 12.3. The van der Waals surface area contributed by atoms with Gasteiger partial charge in [0.15, 0.2) is 0 Å². The van der Waals surface area contributed by atoms with E-state index >= 15 is 0 Å². The molecule has 1 aromatic heterocycles. The number of aliphatic carboxylic acids is 1. The highest BCUT2D eigenvalue weighted by Gasteiger charge is 2.21. The summed E-state index contributed by atoms with van der Waals surface area (Å²) in [7, 11) is 0. The highest BCUT2D eigenvalue weighted by atomic mass is 32.1. The molecule has 1 amide bonds. The van der Waals surface area contributed by atoms with Crippen molar-refractivity contribution in [3.63, 3.8) is 0 Å². The first-order chi connectivity index (χ1) is 8.16. The Kier molecular flexibility index (Phi) is 3.58. The molecular weight excluding hydrogens is 238 g/mol. The molecule has 0 saturated heterocycles. The Balaban J connectivity index is 2.06. The Morgan fingerprint density at radius 2 is 2.24 bits per heavy atom. The van der Waals surface area contributed by atoms with E-state index in [1.807, 2.05) is 0 Å². The molecule has 17 heavy (non-hydrogen) atoms. The van der Waals surface area contributed by atoms with Gasteiger partial charge in [0.1, 0.15) is 0 Å². The summed E-state index contributed by atoms with van der Waals surface area (Å²) in [6, 6.07) is 2.04. The highest BCUT2D eigenvalue weighted by Crippen LogP contribution is 2.22. The predicted molar refractivity (Wildman–Crippen MR) is 66.1 cm³/mol. The van der Waals surface area contributed by atoms with Gasteiger partial charge in [0.2, 0.25) is 0 Å². The second kappa shape index (κ2) is 5.14. The lowest BCUT2D eigenvalue weighted by atomic mass is 9.93. The van der Waals surface area contributed by atoms with Crippen LogP contribution in [0.4, 0.5) is 0 Å². The molecule has 90 valence electrons. The fourth-order valence-corrected chi connectivity index (χ4v) is 2.39. The van der Waals surface area contributed by atoms with Crippen molar-refractivity contribution in [3.05, 3.63) is 28.0 Å². The van der Waals surface area contributed by atoms with E-state index in [0.717, 1.165) is 18.9 Å². The van der Waals surface area contributed by atoms with Crippen molar-refractivity contribution < 1.29 is 14.7 Å². The van der Waals surface area contributed by atoms with E-state index in [9.17, 15) is 9.59 Å². The second-order valence-electron chi connectivity index (χ2n) is 3.98. The van der Waals surface area contributed by atoms with Crippen molar-refractivity contribution in [2.75, 3.05) is 0 Å². The van der Waals surface area contributed by atoms with Gasteiger partial charge < -0.3 is 10.4 Å². The standard InChI is InChI=1S/C12H13NO3S/c14-10(15)5-4-8-6-7-17-11(8)12(16)13-9-2-1-3-9/h4-7,9H,1-3H2,(H,13,16)(H,14,15). The summed E-state index contributed by atoms with van der Waals surface area (Å²) >= 11 is 1.33. The third-order valence-corrected chi connectivity index (χ3v) is 3.68. The van der Waals surface area contributed by atoms with E-state index in [1.165, 1.54) is 23.8 Å². The van der Waals surface area contributed by atoms with Crippen LogP contribution in [-0.2, 0) is 4.79 Å². The summed E-state index contributed by atoms with van der Waals surface area (Å²) in [5, 5.41) is 13.3. The molecule has 4 nitrogen and oxygen atoms in total. The number of carbonyl (C=O) groups is 2. The van der Waals surface area contributed by atoms with Gasteiger partial charge in [0.25, 0.3) is 5.91 Å². The van der Waals surface area contributed by atoms with Crippen LogP contribution in [-0.4, -0.2) is 23.0 Å². The van der Waals surface area contributed by atoms with Crippen molar-refractivity contribution in [3.8, 4) is 0 Å². The van der Waals surface area contributed by atoms with Gasteiger partial charge in [-0.2, -0.15) is 0 Å². The summed E-state index contributed by atoms with van der Waals surface area (Å²) in [6.07, 6.45) is 5.74. The van der Waals surface area contributed by atoms with Crippen LogP contribution in [0.1, 0.15) is 34.5 Å². The number of carboxylic acids is 1. The molecule has 1 heterocycles. The van der Waals surface area contributed by atoms with E-state index in [-0.39, 0.29) is 5.91 Å². The van der Waals surface area contributed by atoms with Gasteiger partial charge in [-0.15, -0.1) is 11.3 Å². The van der Waals surface area contributed by atoms with Crippen LogP contribution in [0.5, 0.6) is 0 Å². The third kappa shape index (κ3) is 2.94. The van der Waals surface area contributed by atoms with Crippen LogP contribution in [0.25, 0.3) is 6.08 Å². The SMILES string of the molecule is O=C(O)C=Cc1ccsc1C(=O)NC1CCC1. The van der Waals surface area contributed by atoms with Crippen molar-refractivity contribution in [1.29, 1.82) is 0 Å². The minimum absolute atomic E-state index is 0.102. The van der Waals surface area contributed by atoms with E-state index < -0.39 is 5.97 Å². The molecule has 2 N–H and O–H groups in total. The lowest BCUT2D eigenvalue weighted by molar-refractivity contribution is -0.131. The molecule has 1 aliphatic carbocycles. The van der Waals surface area contributed by atoms with Crippen molar-refractivity contribution in [2.45, 2.75) is 25.3 Å². The Hall–Kier alpha value is -1.62. The molecule has 5 heteroatoms. The summed E-state index contributed by atoms with van der Waals surface area (Å²) in [5.74, 6) is -1.11. The molecule has 0 unspecified atom stereocenters. The number of amides is 1. The number of hydrogen-bond donors (Lipinski definition) is 2. The van der Waals surface area contributed by atoms with Gasteiger partial charge in [-0.1, -0.05) is 0 Å². The van der Waals surface area contributed by atoms with Crippen molar-refractivity contribution in [2.24, 2.45) is 0 Å². The Morgan fingerprint density at radius 1 is 1.47 bits per heavy atom. The fraction of sp³-hybridized carbons (Fsp3) is 0.333. The minimum atomic E-state index is -1.01. The van der Waals surface area contributed by atoms with Crippen LogP contribution in [0.15, 0.2) is 17.5 Å². The lowest BCUT2D eigenvalue weighted by Gasteiger charge is -2.26. The fourth-order valence-electron chi connectivity index (χ4n) is 1.60. The molecule has 1 aromatic rings. The average Bonchev–Trinajstić information content (AvgIpc) is 2.68. The molecular formula is C12H13NO3S. The molecule has 0 aliphatic heterocycles. The molecule has 1 saturated carbocycles. The molecule has 1 aliphatic rings. The quantitative estimate of drug-likeness (QED) is 0.806. The van der Waals surface area contributed by atoms with Crippen molar-refractivity contribution >= 4 is 29.3 Å². The Bertz CT molecular complexity index is 460. The molecule has 0 bridgehead atoms. The van der Waals surface area contributed by atoms with E-state index in [2.05, 4.69) is 5.32 Å². The number of nitrogens with one attached hydrogen (secondary N) is 1. The average molecular weight is 251 g/mol. The van der Waals surface area contributed by atoms with E-state index in [4.69, 9.17) is 5.11 Å². The van der Waals surface area contributed by atoms with Crippen LogP contribution < -0.4 is 5.32 Å². The normalized spacial score (nSPS) is 15.8. The molecule has 0 spiro atoms. The molecule has 2 rings (SSSR count). The van der Waals surface area contributed by atoms with Gasteiger partial charge in [-0.25, -0.2) is 4.79 Å². The first kappa shape index (κ1) is 11.9. The maximum atomic E-state index is 11.9. The number of hydrogen-bond acceptors (Lipinski definition) is 3. The summed E-state index contributed by atoms with van der Waals surface area (Å²) in [6.45, 7) is 0. The Labute approximate surface area is 103 Å². The van der Waals surface area contributed by atoms with Crippen LogP contribution in [0.2, 0.25) is 0 Å². The second-order valence-corrected chi connectivity index (χ2v) is 4.89. The molecule has 0 radical (unpaired) electrons. The monoisotopic (exact) mass is 251 g/mol. The number of thiophene rings is 1. The topological polar surface area (TPSA) is 66.4 Å². The molecule has 0 aromatic carbocycles. The smallest absolute Gasteiger partial charge is 0.328 e. The van der Waals surface area contributed by atoms with Crippen molar-refractivity contribution in [1.82, 2.24) is 5.32 Å². The Morgan fingerprint density at radius 3 is 2.82 bits per heavy atom. The van der Waals surface area contributed by atoms with Crippen LogP contribution in [0.3, 0.4) is 0 Å². The van der Waals surface area contributed by atoms with E-state index in [0.29, 0.717) is 16.5 Å². The van der Waals surface area contributed by atoms with Gasteiger partial charge in [0, 0.05) is 12.1 Å². The summed E-state index contributed by atoms with van der Waals surface area (Å²) in [4.78, 5) is 22.9. The predicted octanol–water partition coefficient (Wildman–Crippen LogP) is 2.13. The number of carboxylic acid groups (broad SMARTS) is 1. The zero-order valence-electron chi connectivity index (χ0n) is 9.18. The maximum absolute atomic E-state index is 11.9. The number of carbonyl (C=O) groups excluding carboxylic acids is 1. The third-order valence-electron chi connectivity index (χ3n) is 2.75. The lowest BCUT2D eigenvalue weighted by Crippen LogP contribution is -2.39. The maximum Gasteiger partial charge on any atom is 0.328 e. The highest BCUT2D eigenvalue weighted by molar-refractivity contribution is 7.12. The zero-order valence-corrected chi connectivity index (χ0v) is 10.00. The van der Waals surface area contributed by atoms with E-state index in [1.54, 1.807) is 11.4 Å². The number of rotatable bonds is 4. The van der Waals surface area contributed by atoms with Gasteiger partial charge >= 0.3 is 5.97 Å². The first-order valence-corrected chi connectivity index (χ1v) is 6.34.